The molecule has 0 unspecified atom stereocenters. The number of hydrogen-bond acceptors (Lipinski definition) is 4. The number of amides is 1. The largest absolute Gasteiger partial charge is 0.481 e. The molecule has 4 atom stereocenters. The molecule has 7 nitrogen and oxygen atoms in total. The lowest BCUT2D eigenvalue weighted by Gasteiger charge is -2.24. The van der Waals surface area contributed by atoms with Crippen molar-refractivity contribution in [2.75, 3.05) is 5.32 Å². The third kappa shape index (κ3) is 2.58. The quantitative estimate of drug-likeness (QED) is 0.503. The Morgan fingerprint density at radius 3 is 2.52 bits per heavy atom. The Balaban J connectivity index is 1.85. The van der Waals surface area contributed by atoms with Crippen molar-refractivity contribution in [2.24, 2.45) is 23.7 Å². The van der Waals surface area contributed by atoms with Gasteiger partial charge in [-0.15, -0.1) is 0 Å². The maximum Gasteiger partial charge on any atom is 0.307 e. The number of allylic oxidation sites excluding steroid dienone is 2. The molecule has 120 valence electrons. The second-order valence-corrected chi connectivity index (χ2v) is 6.08. The lowest BCUT2D eigenvalue weighted by atomic mass is 9.82. The van der Waals surface area contributed by atoms with E-state index in [-0.39, 0.29) is 17.5 Å². The van der Waals surface area contributed by atoms with E-state index in [9.17, 15) is 24.8 Å². The molecule has 1 aromatic carbocycles. The molecule has 7 heteroatoms. The minimum absolute atomic E-state index is 0.0832. The average molecular weight is 316 g/mol. The van der Waals surface area contributed by atoms with E-state index in [1.807, 2.05) is 12.2 Å². The van der Waals surface area contributed by atoms with Gasteiger partial charge in [0.05, 0.1) is 22.4 Å². The van der Waals surface area contributed by atoms with Crippen LogP contribution in [0.2, 0.25) is 0 Å². The number of aliphatic carboxylic acids is 1. The third-order valence-electron chi connectivity index (χ3n) is 4.74. The number of hydrogen-bond donors (Lipinski definition) is 2. The lowest BCUT2D eigenvalue weighted by Crippen LogP contribution is -2.36. The molecule has 2 N–H and O–H groups in total. The number of carbonyl (C=O) groups excluding carboxylic acids is 1. The Labute approximate surface area is 132 Å². The SMILES string of the molecule is Cc1ccc([N+](=O)[O-])cc1NC(=O)[C@H]1[C@@H](C(=O)O)[C@H]2C=C[C@@H]1C2. The van der Waals surface area contributed by atoms with Gasteiger partial charge in [-0.1, -0.05) is 18.2 Å². The van der Waals surface area contributed by atoms with Gasteiger partial charge in [-0.3, -0.25) is 19.7 Å². The first-order valence-corrected chi connectivity index (χ1v) is 7.35. The number of rotatable bonds is 4. The van der Waals surface area contributed by atoms with E-state index in [0.29, 0.717) is 17.7 Å². The molecule has 0 aromatic heterocycles. The van der Waals surface area contributed by atoms with Gasteiger partial charge in [0.1, 0.15) is 0 Å². The van der Waals surface area contributed by atoms with Crippen LogP contribution >= 0.6 is 0 Å². The highest BCUT2D eigenvalue weighted by molar-refractivity contribution is 5.97. The zero-order chi connectivity index (χ0) is 16.7. The molecular weight excluding hydrogens is 300 g/mol. The summed E-state index contributed by atoms with van der Waals surface area (Å²) in [5, 5.41) is 22.9. The number of aryl methyl sites for hydroxylation is 1. The van der Waals surface area contributed by atoms with Gasteiger partial charge in [0.2, 0.25) is 5.91 Å². The molecule has 0 spiro atoms. The molecule has 1 fully saturated rings. The van der Waals surface area contributed by atoms with Crippen LogP contribution in [0.3, 0.4) is 0 Å². The second-order valence-electron chi connectivity index (χ2n) is 6.08. The number of nitro groups is 1. The van der Waals surface area contributed by atoms with Gasteiger partial charge in [-0.2, -0.15) is 0 Å². The van der Waals surface area contributed by atoms with Crippen LogP contribution in [-0.4, -0.2) is 21.9 Å². The molecule has 1 amide bonds. The molecule has 1 aromatic rings. The average Bonchev–Trinajstić information content (AvgIpc) is 3.09. The van der Waals surface area contributed by atoms with E-state index in [0.717, 1.165) is 0 Å². The number of non-ortho nitro benzene ring substituents is 1. The van der Waals surface area contributed by atoms with E-state index in [1.54, 1.807) is 13.0 Å². The topological polar surface area (TPSA) is 110 Å². The summed E-state index contributed by atoms with van der Waals surface area (Å²) in [6, 6.07) is 4.22. The van der Waals surface area contributed by atoms with Crippen LogP contribution in [0.5, 0.6) is 0 Å². The Bertz CT molecular complexity index is 727. The van der Waals surface area contributed by atoms with Crippen LogP contribution in [0.15, 0.2) is 30.4 Å². The van der Waals surface area contributed by atoms with Gasteiger partial charge in [0.25, 0.3) is 5.69 Å². The van der Waals surface area contributed by atoms with E-state index < -0.39 is 28.6 Å². The fourth-order valence-electron chi connectivity index (χ4n) is 3.59. The van der Waals surface area contributed by atoms with Gasteiger partial charge in [0, 0.05) is 12.1 Å². The van der Waals surface area contributed by atoms with Crippen molar-refractivity contribution in [3.63, 3.8) is 0 Å². The number of anilines is 1. The third-order valence-corrected chi connectivity index (χ3v) is 4.74. The maximum atomic E-state index is 12.6. The zero-order valence-corrected chi connectivity index (χ0v) is 12.4. The monoisotopic (exact) mass is 316 g/mol. The van der Waals surface area contributed by atoms with Crippen molar-refractivity contribution in [1.29, 1.82) is 0 Å². The summed E-state index contributed by atoms with van der Waals surface area (Å²) in [6.07, 6.45) is 4.43. The molecule has 3 rings (SSSR count). The predicted molar refractivity (Wildman–Crippen MR) is 81.8 cm³/mol. The smallest absolute Gasteiger partial charge is 0.307 e. The summed E-state index contributed by atoms with van der Waals surface area (Å²) >= 11 is 0. The standard InChI is InChI=1S/C16H16N2O5/c1-8-2-5-11(18(22)23)7-12(8)17-15(19)13-9-3-4-10(6-9)14(13)16(20)21/h2-5,7,9-10,13-14H,6H2,1H3,(H,17,19)(H,20,21)/t9-,10+,13-,14+/m1/s1. The van der Waals surface area contributed by atoms with E-state index in [1.165, 1.54) is 12.1 Å². The molecule has 2 bridgehead atoms. The Morgan fingerprint density at radius 2 is 1.91 bits per heavy atom. The fraction of sp³-hybridized carbons (Fsp3) is 0.375. The van der Waals surface area contributed by atoms with E-state index in [4.69, 9.17) is 0 Å². The molecule has 0 radical (unpaired) electrons. The highest BCUT2D eigenvalue weighted by Gasteiger charge is 2.51. The summed E-state index contributed by atoms with van der Waals surface area (Å²) in [5.74, 6) is -2.93. The van der Waals surface area contributed by atoms with Gasteiger partial charge in [0.15, 0.2) is 0 Å². The number of carbonyl (C=O) groups is 2. The molecule has 2 aliphatic rings. The summed E-state index contributed by atoms with van der Waals surface area (Å²) in [5.41, 5.74) is 0.920. The molecule has 1 saturated carbocycles. The summed E-state index contributed by atoms with van der Waals surface area (Å²) in [7, 11) is 0. The lowest BCUT2D eigenvalue weighted by molar-refractivity contribution is -0.384. The Hall–Kier alpha value is -2.70. The van der Waals surface area contributed by atoms with Crippen LogP contribution in [0.25, 0.3) is 0 Å². The van der Waals surface area contributed by atoms with Crippen LogP contribution in [-0.2, 0) is 9.59 Å². The van der Waals surface area contributed by atoms with Crippen LogP contribution < -0.4 is 5.32 Å². The van der Waals surface area contributed by atoms with Crippen molar-refractivity contribution < 1.29 is 19.6 Å². The molecular formula is C16H16N2O5. The molecule has 23 heavy (non-hydrogen) atoms. The zero-order valence-electron chi connectivity index (χ0n) is 12.4. The van der Waals surface area contributed by atoms with Gasteiger partial charge >= 0.3 is 5.97 Å². The van der Waals surface area contributed by atoms with Crippen molar-refractivity contribution in [3.05, 3.63) is 46.0 Å². The van der Waals surface area contributed by atoms with Gasteiger partial charge < -0.3 is 10.4 Å². The first-order chi connectivity index (χ1) is 10.9. The van der Waals surface area contributed by atoms with Crippen molar-refractivity contribution >= 4 is 23.3 Å². The number of fused-ring (bicyclic) bond motifs is 2. The Morgan fingerprint density at radius 1 is 1.26 bits per heavy atom. The predicted octanol–water partition coefficient (Wildman–Crippen LogP) is 2.36. The number of nitrogens with one attached hydrogen (secondary N) is 1. The maximum absolute atomic E-state index is 12.6. The van der Waals surface area contributed by atoms with Crippen LogP contribution in [0.1, 0.15) is 12.0 Å². The summed E-state index contributed by atoms with van der Waals surface area (Å²) in [6.45, 7) is 1.73. The van der Waals surface area contributed by atoms with Crippen molar-refractivity contribution in [1.82, 2.24) is 0 Å². The van der Waals surface area contributed by atoms with Crippen molar-refractivity contribution in [3.8, 4) is 0 Å². The van der Waals surface area contributed by atoms with E-state index in [2.05, 4.69) is 5.32 Å². The van der Waals surface area contributed by atoms with Crippen LogP contribution in [0, 0.1) is 40.7 Å². The Kier molecular flexibility index (Phi) is 3.63. The molecule has 2 aliphatic carbocycles. The number of benzene rings is 1. The second kappa shape index (κ2) is 5.49. The molecule has 0 aliphatic heterocycles. The fourth-order valence-corrected chi connectivity index (χ4v) is 3.59. The van der Waals surface area contributed by atoms with E-state index >= 15 is 0 Å². The number of nitrogens with zero attached hydrogens (tertiary/aromatic N) is 1. The number of nitro benzene ring substituents is 1. The van der Waals surface area contributed by atoms with Gasteiger partial charge in [-0.05, 0) is 30.7 Å². The first-order valence-electron chi connectivity index (χ1n) is 7.35. The first kappa shape index (κ1) is 15.2. The number of carboxylic acids is 1. The minimum atomic E-state index is -0.974. The summed E-state index contributed by atoms with van der Waals surface area (Å²) < 4.78 is 0. The minimum Gasteiger partial charge on any atom is -0.481 e. The van der Waals surface area contributed by atoms with Crippen LogP contribution in [0.4, 0.5) is 11.4 Å². The van der Waals surface area contributed by atoms with Crippen molar-refractivity contribution in [2.45, 2.75) is 13.3 Å². The molecule has 0 saturated heterocycles. The molecule has 0 heterocycles. The highest BCUT2D eigenvalue weighted by atomic mass is 16.6. The number of carboxylic acid groups (broad SMARTS) is 1. The highest BCUT2D eigenvalue weighted by Crippen LogP contribution is 2.48. The normalized spacial score (nSPS) is 27.9. The van der Waals surface area contributed by atoms with Gasteiger partial charge in [-0.25, -0.2) is 0 Å². The summed E-state index contributed by atoms with van der Waals surface area (Å²) in [4.78, 5) is 34.4.